The number of morpholine rings is 1. The van der Waals surface area contributed by atoms with Gasteiger partial charge in [0.05, 0.1) is 24.6 Å². The number of aliphatic hydroxyl groups is 1. The number of aromatic nitrogens is 4. The Morgan fingerprint density at radius 2 is 1.83 bits per heavy atom. The van der Waals surface area contributed by atoms with E-state index in [0.29, 0.717) is 42.5 Å². The van der Waals surface area contributed by atoms with E-state index in [-0.39, 0.29) is 11.7 Å². The zero-order valence-corrected chi connectivity index (χ0v) is 19.6. The summed E-state index contributed by atoms with van der Waals surface area (Å²) in [7, 11) is 0. The second-order valence-corrected chi connectivity index (χ2v) is 9.31. The summed E-state index contributed by atoms with van der Waals surface area (Å²) in [6.45, 7) is 1.58. The molecule has 186 valence electrons. The van der Waals surface area contributed by atoms with Crippen molar-refractivity contribution in [2.75, 3.05) is 31.2 Å². The van der Waals surface area contributed by atoms with E-state index >= 15 is 0 Å². The van der Waals surface area contributed by atoms with Gasteiger partial charge in [-0.25, -0.2) is 15.0 Å². The lowest BCUT2D eigenvalue weighted by Crippen LogP contribution is -2.37. The number of benzene rings is 1. The maximum absolute atomic E-state index is 13.1. The summed E-state index contributed by atoms with van der Waals surface area (Å²) in [4.78, 5) is 15.9. The van der Waals surface area contributed by atoms with Crippen molar-refractivity contribution in [3.8, 4) is 16.9 Å². The summed E-state index contributed by atoms with van der Waals surface area (Å²) >= 11 is 0. The predicted molar refractivity (Wildman–Crippen MR) is 128 cm³/mol. The predicted octanol–water partition coefficient (Wildman–Crippen LogP) is 3.97. The third-order valence-corrected chi connectivity index (χ3v) is 6.87. The summed E-state index contributed by atoms with van der Waals surface area (Å²) in [5.41, 5.74) is 3.03. The first-order valence-electron chi connectivity index (χ1n) is 11.8. The highest BCUT2D eigenvalue weighted by atomic mass is 19.3. The normalized spacial score (nSPS) is 21.8. The molecular formula is C26H25F2N5O3. The maximum atomic E-state index is 13.1. The van der Waals surface area contributed by atoms with E-state index in [1.54, 1.807) is 37.5 Å². The molecule has 1 fully saturated rings. The van der Waals surface area contributed by atoms with Gasteiger partial charge in [0, 0.05) is 54.3 Å². The Bertz CT molecular complexity index is 1400. The van der Waals surface area contributed by atoms with Crippen LogP contribution in [0, 0.1) is 0 Å². The highest BCUT2D eigenvalue weighted by molar-refractivity contribution is 5.65. The minimum Gasteiger partial charge on any atom is -0.435 e. The topological polar surface area (TPSA) is 85.0 Å². The van der Waals surface area contributed by atoms with Gasteiger partial charge in [-0.3, -0.25) is 0 Å². The number of halogens is 2. The number of imidazole rings is 1. The lowest BCUT2D eigenvalue weighted by Gasteiger charge is -2.26. The van der Waals surface area contributed by atoms with Crippen LogP contribution in [0.4, 0.5) is 14.7 Å². The van der Waals surface area contributed by atoms with Crippen molar-refractivity contribution >= 4 is 11.6 Å². The van der Waals surface area contributed by atoms with E-state index in [1.165, 1.54) is 6.07 Å². The van der Waals surface area contributed by atoms with Crippen LogP contribution >= 0.6 is 0 Å². The molecule has 3 aromatic heterocycles. The first-order chi connectivity index (χ1) is 17.4. The van der Waals surface area contributed by atoms with Gasteiger partial charge in [0.25, 0.3) is 0 Å². The molecule has 8 nitrogen and oxygen atoms in total. The molecule has 1 N–H and O–H groups in total. The third kappa shape index (κ3) is 3.96. The lowest BCUT2D eigenvalue weighted by molar-refractivity contribution is -0.0506. The number of nitrogens with zero attached hydrogens (tertiary/aromatic N) is 5. The van der Waals surface area contributed by atoms with Gasteiger partial charge in [0.15, 0.2) is 0 Å². The molecular weight excluding hydrogens is 468 g/mol. The number of fused-ring (bicyclic) bond motifs is 3. The van der Waals surface area contributed by atoms with Crippen LogP contribution in [0.1, 0.15) is 36.2 Å². The molecule has 0 bridgehead atoms. The minimum absolute atomic E-state index is 0.0966. The number of alkyl halides is 2. The van der Waals surface area contributed by atoms with Crippen molar-refractivity contribution in [1.29, 1.82) is 0 Å². The van der Waals surface area contributed by atoms with Crippen LogP contribution in [0.3, 0.4) is 0 Å². The SMILES string of the molecule is C[C@@]1(O)C[C@H](c2ccccc2OC(F)F)c2c1nc1ccc(-c3cnc(N4CCOCC4)nc3)cn21. The van der Waals surface area contributed by atoms with Crippen LogP contribution in [0.2, 0.25) is 0 Å². The van der Waals surface area contributed by atoms with Gasteiger partial charge in [-0.15, -0.1) is 0 Å². The lowest BCUT2D eigenvalue weighted by atomic mass is 9.93. The first-order valence-corrected chi connectivity index (χ1v) is 11.8. The largest absolute Gasteiger partial charge is 0.435 e. The van der Waals surface area contributed by atoms with Crippen LogP contribution in [-0.4, -0.2) is 57.4 Å². The van der Waals surface area contributed by atoms with E-state index in [0.717, 1.165) is 29.9 Å². The summed E-state index contributed by atoms with van der Waals surface area (Å²) < 4.78 is 38.3. The third-order valence-electron chi connectivity index (χ3n) is 6.87. The Balaban J connectivity index is 1.41. The smallest absolute Gasteiger partial charge is 0.387 e. The standard InChI is InChI=1S/C26H25F2N5O3/c1-26(34)12-19(18-4-2-3-5-20(18)36-24(27)28)22-23(26)31-21-7-6-16(15-33(21)22)17-13-29-25(30-14-17)32-8-10-35-11-9-32/h2-7,13-15,19,24,34H,8-12H2,1H3/t19-,26-/m1/s1. The fraction of sp³-hybridized carbons (Fsp3) is 0.346. The fourth-order valence-electron chi connectivity index (χ4n) is 5.18. The number of rotatable bonds is 5. The molecule has 4 heterocycles. The second kappa shape index (κ2) is 8.79. The van der Waals surface area contributed by atoms with E-state index in [9.17, 15) is 13.9 Å². The van der Waals surface area contributed by atoms with Crippen molar-refractivity contribution in [1.82, 2.24) is 19.4 Å². The van der Waals surface area contributed by atoms with Crippen LogP contribution in [0.25, 0.3) is 16.8 Å². The molecule has 6 rings (SSSR count). The molecule has 10 heteroatoms. The molecule has 1 saturated heterocycles. The number of para-hydroxylation sites is 1. The van der Waals surface area contributed by atoms with Crippen molar-refractivity contribution in [2.45, 2.75) is 31.5 Å². The van der Waals surface area contributed by atoms with Gasteiger partial charge in [-0.2, -0.15) is 8.78 Å². The number of ether oxygens (including phenoxy) is 2. The van der Waals surface area contributed by atoms with Crippen molar-refractivity contribution < 1.29 is 23.4 Å². The number of anilines is 1. The highest BCUT2D eigenvalue weighted by Gasteiger charge is 2.44. The average Bonchev–Trinajstić information content (AvgIpc) is 3.39. The molecule has 1 aromatic carbocycles. The van der Waals surface area contributed by atoms with Gasteiger partial charge in [-0.05, 0) is 31.5 Å². The first kappa shape index (κ1) is 22.8. The summed E-state index contributed by atoms with van der Waals surface area (Å²) in [6.07, 6.45) is 5.81. The maximum Gasteiger partial charge on any atom is 0.387 e. The van der Waals surface area contributed by atoms with E-state index in [2.05, 4.69) is 14.9 Å². The van der Waals surface area contributed by atoms with Gasteiger partial charge >= 0.3 is 6.61 Å². The quantitative estimate of drug-likeness (QED) is 0.450. The molecule has 1 aliphatic heterocycles. The van der Waals surface area contributed by atoms with Crippen LogP contribution in [0.15, 0.2) is 55.0 Å². The summed E-state index contributed by atoms with van der Waals surface area (Å²) in [5, 5.41) is 11.2. The molecule has 0 unspecified atom stereocenters. The van der Waals surface area contributed by atoms with Crippen molar-refractivity contribution in [3.05, 3.63) is 71.9 Å². The minimum atomic E-state index is -2.94. The fourth-order valence-corrected chi connectivity index (χ4v) is 5.18. The number of pyridine rings is 1. The molecule has 0 saturated carbocycles. The Labute approximate surface area is 206 Å². The molecule has 2 atom stereocenters. The second-order valence-electron chi connectivity index (χ2n) is 9.31. The monoisotopic (exact) mass is 493 g/mol. The Hall–Kier alpha value is -3.63. The zero-order valence-electron chi connectivity index (χ0n) is 19.6. The molecule has 0 spiro atoms. The number of hydrogen-bond acceptors (Lipinski definition) is 7. The van der Waals surface area contributed by atoms with Gasteiger partial charge < -0.3 is 23.9 Å². The summed E-state index contributed by atoms with van der Waals surface area (Å²) in [6, 6.07) is 10.5. The van der Waals surface area contributed by atoms with Crippen LogP contribution in [0.5, 0.6) is 5.75 Å². The summed E-state index contributed by atoms with van der Waals surface area (Å²) in [5.74, 6) is 0.382. The van der Waals surface area contributed by atoms with E-state index < -0.39 is 12.2 Å². The van der Waals surface area contributed by atoms with Gasteiger partial charge in [0.1, 0.15) is 17.0 Å². The Morgan fingerprint density at radius 3 is 2.58 bits per heavy atom. The Kier molecular flexibility index (Phi) is 5.57. The molecule has 0 amide bonds. The highest BCUT2D eigenvalue weighted by Crippen LogP contribution is 2.49. The average molecular weight is 494 g/mol. The zero-order chi connectivity index (χ0) is 24.9. The van der Waals surface area contributed by atoms with Crippen LogP contribution < -0.4 is 9.64 Å². The molecule has 2 aliphatic rings. The van der Waals surface area contributed by atoms with Gasteiger partial charge in [-0.1, -0.05) is 18.2 Å². The van der Waals surface area contributed by atoms with E-state index in [4.69, 9.17) is 14.5 Å². The molecule has 4 aromatic rings. The van der Waals surface area contributed by atoms with Crippen molar-refractivity contribution in [3.63, 3.8) is 0 Å². The van der Waals surface area contributed by atoms with E-state index in [1.807, 2.05) is 22.7 Å². The van der Waals surface area contributed by atoms with Crippen LogP contribution in [-0.2, 0) is 10.3 Å². The molecule has 0 radical (unpaired) electrons. The number of hydrogen-bond donors (Lipinski definition) is 1. The molecule has 36 heavy (non-hydrogen) atoms. The Morgan fingerprint density at radius 1 is 1.08 bits per heavy atom. The van der Waals surface area contributed by atoms with Crippen molar-refractivity contribution in [2.24, 2.45) is 0 Å². The van der Waals surface area contributed by atoms with Gasteiger partial charge in [0.2, 0.25) is 5.95 Å². The molecule has 1 aliphatic carbocycles.